The summed E-state index contributed by atoms with van der Waals surface area (Å²) in [4.78, 5) is 32.4. The summed E-state index contributed by atoms with van der Waals surface area (Å²) in [6.07, 6.45) is 4.40. The standard InChI is InChI=1S/C26H26ClN5O2/c1-16-4-10-21(20(14-16)26(34)30-22-11-9-19(27)15-28-22)29-25(33)18-7-5-17(6-8-18)23-24(31-23)32-12-2-3-13-32/h4-11,14-15,23-24,31H,2-3,12-13H2,1H3,(H,29,33)(H,28,30,34). The highest BCUT2D eigenvalue weighted by molar-refractivity contribution is 6.30. The Balaban J connectivity index is 1.27. The first-order valence-electron chi connectivity index (χ1n) is 11.4. The number of amides is 2. The third-order valence-electron chi connectivity index (χ3n) is 6.26. The molecule has 174 valence electrons. The lowest BCUT2D eigenvalue weighted by molar-refractivity contribution is 0.102. The lowest BCUT2D eigenvalue weighted by Crippen LogP contribution is -2.24. The molecule has 3 heterocycles. The number of nitrogens with zero attached hydrogens (tertiary/aromatic N) is 2. The summed E-state index contributed by atoms with van der Waals surface area (Å²) in [6.45, 7) is 4.19. The molecule has 2 aliphatic heterocycles. The van der Waals surface area contributed by atoms with Gasteiger partial charge in [-0.15, -0.1) is 0 Å². The van der Waals surface area contributed by atoms with E-state index in [2.05, 4.69) is 25.8 Å². The van der Waals surface area contributed by atoms with E-state index in [9.17, 15) is 9.59 Å². The zero-order valence-corrected chi connectivity index (χ0v) is 19.6. The number of halogens is 1. The van der Waals surface area contributed by atoms with Gasteiger partial charge in [-0.2, -0.15) is 0 Å². The number of nitrogens with one attached hydrogen (secondary N) is 3. The fourth-order valence-corrected chi connectivity index (χ4v) is 4.48. The Hall–Kier alpha value is -3.26. The summed E-state index contributed by atoms with van der Waals surface area (Å²) in [5.74, 6) is -0.254. The van der Waals surface area contributed by atoms with Crippen molar-refractivity contribution in [3.05, 3.63) is 88.1 Å². The van der Waals surface area contributed by atoms with Crippen LogP contribution in [-0.2, 0) is 0 Å². The van der Waals surface area contributed by atoms with Crippen LogP contribution in [-0.4, -0.2) is 41.0 Å². The molecule has 2 atom stereocenters. The molecule has 2 aliphatic rings. The fraction of sp³-hybridized carbons (Fsp3) is 0.269. The average Bonchev–Trinajstić information content (AvgIpc) is 3.45. The maximum absolute atomic E-state index is 12.9. The summed E-state index contributed by atoms with van der Waals surface area (Å²) in [7, 11) is 0. The Labute approximate surface area is 203 Å². The van der Waals surface area contributed by atoms with E-state index in [1.807, 2.05) is 37.3 Å². The minimum absolute atomic E-state index is 0.270. The van der Waals surface area contributed by atoms with Crippen LogP contribution in [0.4, 0.5) is 11.5 Å². The quantitative estimate of drug-likeness (QED) is 0.452. The number of pyridine rings is 1. The van der Waals surface area contributed by atoms with Crippen LogP contribution < -0.4 is 16.0 Å². The summed E-state index contributed by atoms with van der Waals surface area (Å²) in [5.41, 5.74) is 3.41. The van der Waals surface area contributed by atoms with Gasteiger partial charge in [-0.05, 0) is 74.8 Å². The molecule has 0 aliphatic carbocycles. The highest BCUT2D eigenvalue weighted by Crippen LogP contribution is 2.34. The predicted octanol–water partition coefficient (Wildman–Crippen LogP) is 4.61. The summed E-state index contributed by atoms with van der Waals surface area (Å²) >= 11 is 5.87. The zero-order chi connectivity index (χ0) is 23.7. The van der Waals surface area contributed by atoms with Gasteiger partial charge in [0.1, 0.15) is 5.82 Å². The third-order valence-corrected chi connectivity index (χ3v) is 6.48. The Morgan fingerprint density at radius 2 is 1.76 bits per heavy atom. The molecular formula is C26H26ClN5O2. The van der Waals surface area contributed by atoms with Crippen LogP contribution in [0.15, 0.2) is 60.8 Å². The first-order chi connectivity index (χ1) is 16.5. The van der Waals surface area contributed by atoms with Crippen molar-refractivity contribution >= 4 is 34.9 Å². The number of carbonyl (C=O) groups is 2. The normalized spacial score (nSPS) is 19.6. The highest BCUT2D eigenvalue weighted by Gasteiger charge is 2.42. The Morgan fingerprint density at radius 1 is 1.00 bits per heavy atom. The van der Waals surface area contributed by atoms with Crippen molar-refractivity contribution in [2.75, 3.05) is 23.7 Å². The first kappa shape index (κ1) is 22.5. The zero-order valence-electron chi connectivity index (χ0n) is 18.8. The van der Waals surface area contributed by atoms with Crippen molar-refractivity contribution < 1.29 is 9.59 Å². The molecule has 8 heteroatoms. The number of hydrogen-bond acceptors (Lipinski definition) is 5. The van der Waals surface area contributed by atoms with Crippen LogP contribution in [0.25, 0.3) is 0 Å². The second kappa shape index (κ2) is 9.54. The van der Waals surface area contributed by atoms with Gasteiger partial charge in [0, 0.05) is 11.8 Å². The molecule has 0 saturated carbocycles. The molecule has 2 aromatic carbocycles. The molecule has 2 fully saturated rings. The molecule has 2 amide bonds. The molecular weight excluding hydrogens is 450 g/mol. The van der Waals surface area contributed by atoms with E-state index in [1.54, 1.807) is 24.3 Å². The van der Waals surface area contributed by atoms with Crippen molar-refractivity contribution in [2.24, 2.45) is 0 Å². The molecule has 3 N–H and O–H groups in total. The first-order valence-corrected chi connectivity index (χ1v) is 11.8. The molecule has 0 radical (unpaired) electrons. The lowest BCUT2D eigenvalue weighted by Gasteiger charge is -2.13. The predicted molar refractivity (Wildman–Crippen MR) is 133 cm³/mol. The van der Waals surface area contributed by atoms with Crippen LogP contribution >= 0.6 is 11.6 Å². The van der Waals surface area contributed by atoms with Gasteiger partial charge in [0.25, 0.3) is 11.8 Å². The second-order valence-electron chi connectivity index (χ2n) is 8.77. The van der Waals surface area contributed by atoms with Gasteiger partial charge in [-0.25, -0.2) is 4.98 Å². The van der Waals surface area contributed by atoms with Crippen LogP contribution in [0.2, 0.25) is 5.02 Å². The van der Waals surface area contributed by atoms with Gasteiger partial charge in [-0.3, -0.25) is 19.8 Å². The molecule has 5 rings (SSSR count). The van der Waals surface area contributed by atoms with Crippen molar-refractivity contribution in [1.29, 1.82) is 0 Å². The van der Waals surface area contributed by atoms with E-state index < -0.39 is 0 Å². The SMILES string of the molecule is Cc1ccc(NC(=O)c2ccc(C3NC3N3CCCC3)cc2)c(C(=O)Nc2ccc(Cl)cn2)c1. The lowest BCUT2D eigenvalue weighted by atomic mass is 10.1. The van der Waals surface area contributed by atoms with Crippen LogP contribution in [0.3, 0.4) is 0 Å². The van der Waals surface area contributed by atoms with Crippen LogP contribution in [0.5, 0.6) is 0 Å². The van der Waals surface area contributed by atoms with Crippen molar-refractivity contribution in [3.8, 4) is 0 Å². The molecule has 3 aromatic rings. The van der Waals surface area contributed by atoms with Gasteiger partial charge in [0.2, 0.25) is 0 Å². The van der Waals surface area contributed by atoms with Crippen molar-refractivity contribution in [3.63, 3.8) is 0 Å². The van der Waals surface area contributed by atoms with Crippen LogP contribution in [0, 0.1) is 6.92 Å². The Morgan fingerprint density at radius 3 is 2.47 bits per heavy atom. The molecule has 2 saturated heterocycles. The van der Waals surface area contributed by atoms with Gasteiger partial charge in [0.05, 0.1) is 28.5 Å². The summed E-state index contributed by atoms with van der Waals surface area (Å²) < 4.78 is 0. The van der Waals surface area contributed by atoms with Gasteiger partial charge in [0.15, 0.2) is 0 Å². The summed E-state index contributed by atoms with van der Waals surface area (Å²) in [6, 6.07) is 16.6. The topological polar surface area (TPSA) is 96.3 Å². The van der Waals surface area contributed by atoms with Crippen LogP contribution in [0.1, 0.15) is 50.7 Å². The van der Waals surface area contributed by atoms with E-state index in [1.165, 1.54) is 24.6 Å². The number of carbonyl (C=O) groups excluding carboxylic acids is 2. The highest BCUT2D eigenvalue weighted by atomic mass is 35.5. The molecule has 34 heavy (non-hydrogen) atoms. The van der Waals surface area contributed by atoms with E-state index in [0.717, 1.165) is 18.7 Å². The smallest absolute Gasteiger partial charge is 0.258 e. The van der Waals surface area contributed by atoms with E-state index in [0.29, 0.717) is 39.9 Å². The van der Waals surface area contributed by atoms with E-state index in [4.69, 9.17) is 11.6 Å². The summed E-state index contributed by atoms with van der Waals surface area (Å²) in [5, 5.41) is 9.65. The number of aromatic nitrogens is 1. The number of benzene rings is 2. The molecule has 0 bridgehead atoms. The average molecular weight is 476 g/mol. The Kier molecular flexibility index (Phi) is 6.32. The number of likely N-dealkylation sites (tertiary alicyclic amines) is 1. The molecule has 2 unspecified atom stereocenters. The Bertz CT molecular complexity index is 1210. The van der Waals surface area contributed by atoms with Crippen molar-refractivity contribution in [2.45, 2.75) is 32.0 Å². The minimum atomic E-state index is -0.364. The van der Waals surface area contributed by atoms with Crippen molar-refractivity contribution in [1.82, 2.24) is 15.2 Å². The molecule has 1 aromatic heterocycles. The van der Waals surface area contributed by atoms with Gasteiger partial charge < -0.3 is 10.6 Å². The van der Waals surface area contributed by atoms with E-state index >= 15 is 0 Å². The van der Waals surface area contributed by atoms with Gasteiger partial charge in [-0.1, -0.05) is 35.4 Å². The monoisotopic (exact) mass is 475 g/mol. The third kappa shape index (κ3) is 4.97. The minimum Gasteiger partial charge on any atom is -0.321 e. The second-order valence-corrected chi connectivity index (χ2v) is 9.21. The maximum Gasteiger partial charge on any atom is 0.258 e. The van der Waals surface area contributed by atoms with Gasteiger partial charge >= 0.3 is 0 Å². The number of anilines is 2. The largest absolute Gasteiger partial charge is 0.321 e. The molecule has 0 spiro atoms. The number of aryl methyl sites for hydroxylation is 1. The van der Waals surface area contributed by atoms with E-state index in [-0.39, 0.29) is 11.8 Å². The number of hydrogen-bond donors (Lipinski definition) is 3. The molecule has 7 nitrogen and oxygen atoms in total. The fourth-order valence-electron chi connectivity index (χ4n) is 4.37. The maximum atomic E-state index is 12.9. The number of rotatable bonds is 6.